The zero-order chi connectivity index (χ0) is 24.3. The summed E-state index contributed by atoms with van der Waals surface area (Å²) < 4.78 is 0. The van der Waals surface area contributed by atoms with Crippen molar-refractivity contribution in [3.63, 3.8) is 0 Å². The van der Waals surface area contributed by atoms with Crippen LogP contribution in [0, 0.1) is 0 Å². The summed E-state index contributed by atoms with van der Waals surface area (Å²) in [6, 6.07) is 24.5. The van der Waals surface area contributed by atoms with E-state index in [0.717, 1.165) is 16.9 Å². The predicted molar refractivity (Wildman–Crippen MR) is 142 cm³/mol. The van der Waals surface area contributed by atoms with Crippen molar-refractivity contribution >= 4 is 46.8 Å². The van der Waals surface area contributed by atoms with Crippen molar-refractivity contribution in [3.8, 4) is 0 Å². The van der Waals surface area contributed by atoms with E-state index in [0.29, 0.717) is 28.6 Å². The Morgan fingerprint density at radius 1 is 0.882 bits per heavy atom. The van der Waals surface area contributed by atoms with Crippen LogP contribution in [0.15, 0.2) is 78.9 Å². The molecule has 7 heteroatoms. The summed E-state index contributed by atoms with van der Waals surface area (Å²) in [4.78, 5) is 28.0. The maximum atomic E-state index is 13.4. The van der Waals surface area contributed by atoms with E-state index >= 15 is 0 Å². The molecule has 3 aromatic carbocycles. The molecule has 0 aromatic heterocycles. The van der Waals surface area contributed by atoms with Gasteiger partial charge in [-0.2, -0.15) is 11.8 Å². The van der Waals surface area contributed by atoms with Crippen molar-refractivity contribution in [2.45, 2.75) is 31.2 Å². The van der Waals surface area contributed by atoms with E-state index in [1.165, 1.54) is 5.56 Å². The maximum Gasteiger partial charge on any atom is 0.242 e. The highest BCUT2D eigenvalue weighted by atomic mass is 35.5. The fourth-order valence-electron chi connectivity index (χ4n) is 3.62. The number of likely N-dealkylation sites (N-methyl/N-ethyl adjacent to an activating group) is 1. The molecule has 4 nitrogen and oxygen atoms in total. The fourth-order valence-corrected chi connectivity index (χ4v) is 4.83. The van der Waals surface area contributed by atoms with Crippen LogP contribution < -0.4 is 5.32 Å². The molecule has 34 heavy (non-hydrogen) atoms. The Labute approximate surface area is 215 Å². The Hall–Kier alpha value is -2.47. The van der Waals surface area contributed by atoms with E-state index in [-0.39, 0.29) is 18.4 Å². The molecule has 0 saturated heterocycles. The van der Waals surface area contributed by atoms with E-state index in [9.17, 15) is 9.59 Å². The van der Waals surface area contributed by atoms with Crippen LogP contribution in [0.1, 0.15) is 23.1 Å². The number of thioether (sulfide) groups is 1. The van der Waals surface area contributed by atoms with Gasteiger partial charge in [0.2, 0.25) is 11.8 Å². The van der Waals surface area contributed by atoms with Crippen molar-refractivity contribution < 1.29 is 9.59 Å². The van der Waals surface area contributed by atoms with Crippen molar-refractivity contribution in [2.75, 3.05) is 12.8 Å². The number of hydrogen-bond acceptors (Lipinski definition) is 3. The van der Waals surface area contributed by atoms with Crippen molar-refractivity contribution in [3.05, 3.63) is 106 Å². The zero-order valence-electron chi connectivity index (χ0n) is 19.0. The normalized spacial score (nSPS) is 11.6. The summed E-state index contributed by atoms with van der Waals surface area (Å²) >= 11 is 14.0. The lowest BCUT2D eigenvalue weighted by molar-refractivity contribution is -0.140. The van der Waals surface area contributed by atoms with Gasteiger partial charge in [0, 0.05) is 37.9 Å². The largest absolute Gasteiger partial charge is 0.357 e. The first-order valence-corrected chi connectivity index (χ1v) is 13.0. The highest BCUT2D eigenvalue weighted by Crippen LogP contribution is 2.25. The Morgan fingerprint density at radius 3 is 2.15 bits per heavy atom. The molecule has 0 aliphatic rings. The van der Waals surface area contributed by atoms with E-state index in [1.807, 2.05) is 54.6 Å². The van der Waals surface area contributed by atoms with Crippen LogP contribution in [0.4, 0.5) is 0 Å². The third-order valence-electron chi connectivity index (χ3n) is 5.43. The third-order valence-corrected chi connectivity index (χ3v) is 7.20. The van der Waals surface area contributed by atoms with Gasteiger partial charge in [0.15, 0.2) is 0 Å². The lowest BCUT2D eigenvalue weighted by atomic mass is 10.0. The second-order valence-corrected chi connectivity index (χ2v) is 9.80. The molecule has 0 spiro atoms. The molecule has 0 heterocycles. The van der Waals surface area contributed by atoms with Crippen LogP contribution in [0.3, 0.4) is 0 Å². The topological polar surface area (TPSA) is 49.4 Å². The van der Waals surface area contributed by atoms with Crippen LogP contribution in [-0.2, 0) is 28.3 Å². The van der Waals surface area contributed by atoms with Gasteiger partial charge >= 0.3 is 0 Å². The average Bonchev–Trinajstić information content (AvgIpc) is 2.86. The molecule has 0 saturated carbocycles. The van der Waals surface area contributed by atoms with E-state index in [1.54, 1.807) is 35.8 Å². The number of benzene rings is 3. The van der Waals surface area contributed by atoms with Crippen LogP contribution in [0.25, 0.3) is 0 Å². The Morgan fingerprint density at radius 2 is 1.53 bits per heavy atom. The van der Waals surface area contributed by atoms with Gasteiger partial charge in [-0.05, 0) is 28.8 Å². The molecule has 0 aliphatic carbocycles. The number of amides is 2. The number of halogens is 2. The smallest absolute Gasteiger partial charge is 0.242 e. The number of nitrogens with one attached hydrogen (secondary N) is 1. The summed E-state index contributed by atoms with van der Waals surface area (Å²) in [5.74, 6) is 1.23. The molecule has 0 unspecified atom stereocenters. The van der Waals surface area contributed by atoms with E-state index in [4.69, 9.17) is 23.2 Å². The second kappa shape index (κ2) is 13.4. The van der Waals surface area contributed by atoms with Gasteiger partial charge in [-0.15, -0.1) is 0 Å². The van der Waals surface area contributed by atoms with Gasteiger partial charge < -0.3 is 10.2 Å². The highest BCUT2D eigenvalue weighted by Gasteiger charge is 2.29. The van der Waals surface area contributed by atoms with Crippen LogP contribution in [-0.4, -0.2) is 35.6 Å². The zero-order valence-corrected chi connectivity index (χ0v) is 21.4. The number of carbonyl (C=O) groups excluding carboxylic acids is 2. The average molecular weight is 516 g/mol. The Balaban J connectivity index is 1.77. The number of nitrogens with zero attached hydrogens (tertiary/aromatic N) is 1. The van der Waals surface area contributed by atoms with Gasteiger partial charge in [-0.1, -0.05) is 89.9 Å². The molecule has 1 N–H and O–H groups in total. The summed E-state index contributed by atoms with van der Waals surface area (Å²) in [5, 5.41) is 3.60. The monoisotopic (exact) mass is 514 g/mol. The van der Waals surface area contributed by atoms with Crippen molar-refractivity contribution in [2.24, 2.45) is 0 Å². The Kier molecular flexibility index (Phi) is 10.3. The molecule has 1 atom stereocenters. The SMILES string of the molecule is CNC(=O)[C@H](Cc1ccccc1)N(Cc1ccc(Cl)c(Cl)c1)C(=O)CCSCc1ccccc1. The molecule has 3 rings (SSSR count). The lowest BCUT2D eigenvalue weighted by Gasteiger charge is -2.31. The van der Waals surface area contributed by atoms with Gasteiger partial charge in [-0.3, -0.25) is 9.59 Å². The second-order valence-electron chi connectivity index (χ2n) is 7.88. The minimum atomic E-state index is -0.645. The van der Waals surface area contributed by atoms with Gasteiger partial charge in [-0.25, -0.2) is 0 Å². The van der Waals surface area contributed by atoms with Crippen LogP contribution >= 0.6 is 35.0 Å². The molecular weight excluding hydrogens is 487 g/mol. The van der Waals surface area contributed by atoms with Gasteiger partial charge in [0.1, 0.15) is 6.04 Å². The first-order valence-electron chi connectivity index (χ1n) is 11.1. The maximum absolute atomic E-state index is 13.4. The lowest BCUT2D eigenvalue weighted by Crippen LogP contribution is -2.49. The Bertz CT molecular complexity index is 1080. The highest BCUT2D eigenvalue weighted by molar-refractivity contribution is 7.98. The molecule has 3 aromatic rings. The summed E-state index contributed by atoms with van der Waals surface area (Å²) in [7, 11) is 1.60. The minimum absolute atomic E-state index is 0.0730. The molecule has 0 radical (unpaired) electrons. The van der Waals surface area contributed by atoms with Crippen LogP contribution in [0.5, 0.6) is 0 Å². The van der Waals surface area contributed by atoms with Crippen molar-refractivity contribution in [1.29, 1.82) is 0 Å². The number of rotatable bonds is 11. The summed E-state index contributed by atoms with van der Waals surface area (Å²) in [6.45, 7) is 0.268. The molecule has 0 bridgehead atoms. The number of hydrogen-bond donors (Lipinski definition) is 1. The summed E-state index contributed by atoms with van der Waals surface area (Å²) in [5.41, 5.74) is 3.03. The quantitative estimate of drug-likeness (QED) is 0.319. The minimum Gasteiger partial charge on any atom is -0.357 e. The number of carbonyl (C=O) groups is 2. The van der Waals surface area contributed by atoms with Gasteiger partial charge in [0.25, 0.3) is 0 Å². The standard InChI is InChI=1S/C27H28Cl2N2O2S/c1-30-27(33)25(17-20-8-4-2-5-9-20)31(18-22-12-13-23(28)24(29)16-22)26(32)14-15-34-19-21-10-6-3-7-11-21/h2-13,16,25H,14-15,17-19H2,1H3,(H,30,33)/t25-/m0/s1. The van der Waals surface area contributed by atoms with Crippen molar-refractivity contribution in [1.82, 2.24) is 10.2 Å². The van der Waals surface area contributed by atoms with Crippen LogP contribution in [0.2, 0.25) is 10.0 Å². The summed E-state index contributed by atoms with van der Waals surface area (Å²) in [6.07, 6.45) is 0.756. The molecule has 0 aliphatic heterocycles. The molecule has 178 valence electrons. The first kappa shape index (κ1) is 26.1. The first-order chi connectivity index (χ1) is 16.5. The molecular formula is C27H28Cl2N2O2S. The fraction of sp³-hybridized carbons (Fsp3) is 0.259. The molecule has 2 amide bonds. The molecule has 0 fully saturated rings. The van der Waals surface area contributed by atoms with Gasteiger partial charge in [0.05, 0.1) is 10.0 Å². The van der Waals surface area contributed by atoms with E-state index in [2.05, 4.69) is 17.4 Å². The van der Waals surface area contributed by atoms with E-state index < -0.39 is 6.04 Å². The third kappa shape index (κ3) is 7.79. The predicted octanol–water partition coefficient (Wildman–Crippen LogP) is 6.00.